The molecule has 1 aliphatic rings. The molecule has 0 aliphatic heterocycles. The lowest BCUT2D eigenvalue weighted by atomic mass is 9.96. The number of halogens is 2. The number of aromatic hydroxyl groups is 1. The van der Waals surface area contributed by atoms with Gasteiger partial charge in [0.25, 0.3) is 5.91 Å². The monoisotopic (exact) mass is 560 g/mol. The highest BCUT2D eigenvalue weighted by Crippen LogP contribution is 2.40. The molecule has 0 bridgehead atoms. The number of hydrogen-bond acceptors (Lipinski definition) is 4. The molecule has 2 N–H and O–H groups in total. The lowest BCUT2D eigenvalue weighted by Crippen LogP contribution is -2.14. The minimum absolute atomic E-state index is 0.107. The standard InChI is InChI=1S/C24H22Br2N2O2S/c25-18-12-15(13-19(26)22(18)29)14-27-24-21(23(30)28-16-8-4-3-5-9-16)17-10-6-1-2-7-11-20(17)31-24/h3-5,8-9,12-14,29H,1-2,6-7,10-11H2,(H,28,30). The second-order valence-electron chi connectivity index (χ2n) is 7.51. The smallest absolute Gasteiger partial charge is 0.259 e. The summed E-state index contributed by atoms with van der Waals surface area (Å²) in [5, 5.41) is 13.7. The maximum Gasteiger partial charge on any atom is 0.259 e. The molecule has 160 valence electrons. The van der Waals surface area contributed by atoms with Crippen LogP contribution in [0.2, 0.25) is 0 Å². The maximum atomic E-state index is 13.3. The number of aryl methyl sites for hydroxylation is 1. The van der Waals surface area contributed by atoms with E-state index in [2.05, 4.69) is 37.2 Å². The first-order chi connectivity index (χ1) is 15.0. The predicted molar refractivity (Wildman–Crippen MR) is 135 cm³/mol. The van der Waals surface area contributed by atoms with E-state index in [0.717, 1.165) is 47.5 Å². The molecule has 0 radical (unpaired) electrons. The highest BCUT2D eigenvalue weighted by atomic mass is 79.9. The molecule has 4 rings (SSSR count). The zero-order valence-corrected chi connectivity index (χ0v) is 20.8. The number of hydrogen-bond donors (Lipinski definition) is 2. The summed E-state index contributed by atoms with van der Waals surface area (Å²) in [5.41, 5.74) is 3.45. The van der Waals surface area contributed by atoms with Gasteiger partial charge in [0.2, 0.25) is 0 Å². The third-order valence-electron chi connectivity index (χ3n) is 5.28. The van der Waals surface area contributed by atoms with Crippen LogP contribution in [0.5, 0.6) is 5.75 Å². The van der Waals surface area contributed by atoms with Crippen LogP contribution in [0.1, 0.15) is 52.0 Å². The van der Waals surface area contributed by atoms with Crippen LogP contribution in [-0.4, -0.2) is 17.2 Å². The summed E-state index contributed by atoms with van der Waals surface area (Å²) in [4.78, 5) is 19.3. The van der Waals surface area contributed by atoms with E-state index in [1.54, 1.807) is 29.7 Å². The number of rotatable bonds is 4. The van der Waals surface area contributed by atoms with Gasteiger partial charge in [-0.1, -0.05) is 31.0 Å². The zero-order chi connectivity index (χ0) is 21.8. The van der Waals surface area contributed by atoms with E-state index in [9.17, 15) is 9.90 Å². The number of benzene rings is 2. The number of nitrogens with one attached hydrogen (secondary N) is 1. The van der Waals surface area contributed by atoms with E-state index in [1.165, 1.54) is 17.7 Å². The summed E-state index contributed by atoms with van der Waals surface area (Å²) in [7, 11) is 0. The Kier molecular flexibility index (Phi) is 7.25. The molecule has 0 atom stereocenters. The molecule has 0 fully saturated rings. The molecule has 7 heteroatoms. The van der Waals surface area contributed by atoms with Crippen LogP contribution in [0.3, 0.4) is 0 Å². The van der Waals surface area contributed by atoms with Crippen LogP contribution < -0.4 is 5.32 Å². The van der Waals surface area contributed by atoms with Crippen LogP contribution in [0.25, 0.3) is 0 Å². The number of phenols is 1. The fourth-order valence-corrected chi connectivity index (χ4v) is 6.19. The quantitative estimate of drug-likeness (QED) is 0.321. The van der Waals surface area contributed by atoms with Crippen LogP contribution in [0.4, 0.5) is 10.7 Å². The van der Waals surface area contributed by atoms with Crippen molar-refractivity contribution < 1.29 is 9.90 Å². The van der Waals surface area contributed by atoms with E-state index in [4.69, 9.17) is 4.99 Å². The Bertz CT molecular complexity index is 1100. The fourth-order valence-electron chi connectivity index (χ4n) is 3.74. The predicted octanol–water partition coefficient (Wildman–Crippen LogP) is 7.64. The second kappa shape index (κ2) is 10.1. The number of aliphatic imine (C=N–C) groups is 1. The maximum absolute atomic E-state index is 13.3. The highest BCUT2D eigenvalue weighted by molar-refractivity contribution is 9.11. The largest absolute Gasteiger partial charge is 0.506 e. The molecular weight excluding hydrogens is 540 g/mol. The van der Waals surface area contributed by atoms with Crippen molar-refractivity contribution in [2.24, 2.45) is 4.99 Å². The first-order valence-electron chi connectivity index (χ1n) is 10.3. The third kappa shape index (κ3) is 5.27. The van der Waals surface area contributed by atoms with Crippen molar-refractivity contribution >= 4 is 66.0 Å². The van der Waals surface area contributed by atoms with E-state index in [-0.39, 0.29) is 11.7 Å². The molecule has 2 aromatic carbocycles. The average Bonchev–Trinajstić information content (AvgIpc) is 3.07. The Balaban J connectivity index is 1.72. The normalized spacial score (nSPS) is 14.1. The SMILES string of the molecule is O=C(Nc1ccccc1)c1c(N=Cc2cc(Br)c(O)c(Br)c2)sc2c1CCCCCC2. The zero-order valence-electron chi connectivity index (χ0n) is 16.8. The molecular formula is C24H22Br2N2O2S. The molecule has 0 saturated carbocycles. The van der Waals surface area contributed by atoms with Gasteiger partial charge in [0.15, 0.2) is 0 Å². The molecule has 1 amide bonds. The van der Waals surface area contributed by atoms with Gasteiger partial charge in [0, 0.05) is 16.8 Å². The van der Waals surface area contributed by atoms with Gasteiger partial charge in [-0.15, -0.1) is 11.3 Å². The Labute approximate surface area is 202 Å². The number of fused-ring (bicyclic) bond motifs is 1. The Morgan fingerprint density at radius 1 is 1.03 bits per heavy atom. The Morgan fingerprint density at radius 3 is 2.42 bits per heavy atom. The van der Waals surface area contributed by atoms with Gasteiger partial charge in [-0.2, -0.15) is 0 Å². The number of para-hydroxylation sites is 1. The topological polar surface area (TPSA) is 61.7 Å². The number of thiophene rings is 1. The summed E-state index contributed by atoms with van der Waals surface area (Å²) >= 11 is 8.34. The minimum atomic E-state index is -0.107. The molecule has 1 aromatic heterocycles. The Morgan fingerprint density at radius 2 is 1.71 bits per heavy atom. The van der Waals surface area contributed by atoms with Crippen LogP contribution in [-0.2, 0) is 12.8 Å². The highest BCUT2D eigenvalue weighted by Gasteiger charge is 2.24. The van der Waals surface area contributed by atoms with Crippen LogP contribution in [0.15, 0.2) is 56.4 Å². The van der Waals surface area contributed by atoms with Crippen molar-refractivity contribution in [1.29, 1.82) is 0 Å². The van der Waals surface area contributed by atoms with E-state index < -0.39 is 0 Å². The van der Waals surface area contributed by atoms with Gasteiger partial charge in [-0.05, 0) is 92.9 Å². The second-order valence-corrected chi connectivity index (χ2v) is 10.3. The molecule has 0 spiro atoms. The van der Waals surface area contributed by atoms with Crippen molar-refractivity contribution in [3.63, 3.8) is 0 Å². The van der Waals surface area contributed by atoms with Gasteiger partial charge in [-0.3, -0.25) is 4.79 Å². The average molecular weight is 562 g/mol. The van der Waals surface area contributed by atoms with E-state index in [1.807, 2.05) is 30.3 Å². The van der Waals surface area contributed by atoms with Gasteiger partial charge in [0.05, 0.1) is 14.5 Å². The lowest BCUT2D eigenvalue weighted by Gasteiger charge is -2.12. The number of phenolic OH excluding ortho intramolecular Hbond substituents is 1. The molecule has 1 aliphatic carbocycles. The molecule has 4 nitrogen and oxygen atoms in total. The summed E-state index contributed by atoms with van der Waals surface area (Å²) in [5.74, 6) is 0.0451. The Hall–Kier alpha value is -1.96. The fraction of sp³-hybridized carbons (Fsp3) is 0.250. The first-order valence-corrected chi connectivity index (χ1v) is 12.7. The van der Waals surface area contributed by atoms with Crippen LogP contribution >= 0.6 is 43.2 Å². The number of carbonyl (C=O) groups excluding carboxylic acids is 1. The number of amides is 1. The first kappa shape index (κ1) is 22.2. The number of nitrogens with zero attached hydrogens (tertiary/aromatic N) is 1. The molecule has 0 saturated heterocycles. The van der Waals surface area contributed by atoms with Crippen molar-refractivity contribution in [1.82, 2.24) is 0 Å². The third-order valence-corrected chi connectivity index (χ3v) is 7.69. The molecule has 31 heavy (non-hydrogen) atoms. The van der Waals surface area contributed by atoms with Crippen molar-refractivity contribution in [3.05, 3.63) is 73.0 Å². The van der Waals surface area contributed by atoms with Crippen LogP contribution in [0, 0.1) is 0 Å². The number of anilines is 1. The van der Waals surface area contributed by atoms with Gasteiger partial charge in [-0.25, -0.2) is 4.99 Å². The molecule has 1 heterocycles. The van der Waals surface area contributed by atoms with E-state index >= 15 is 0 Å². The van der Waals surface area contributed by atoms with Crippen molar-refractivity contribution in [2.45, 2.75) is 38.5 Å². The number of carbonyl (C=O) groups is 1. The lowest BCUT2D eigenvalue weighted by molar-refractivity contribution is 0.102. The minimum Gasteiger partial charge on any atom is -0.506 e. The summed E-state index contributed by atoms with van der Waals surface area (Å²) in [6.45, 7) is 0. The summed E-state index contributed by atoms with van der Waals surface area (Å²) in [6.07, 6.45) is 8.32. The molecule has 0 unspecified atom stereocenters. The van der Waals surface area contributed by atoms with Crippen molar-refractivity contribution in [2.75, 3.05) is 5.32 Å². The van der Waals surface area contributed by atoms with Gasteiger partial charge < -0.3 is 10.4 Å². The van der Waals surface area contributed by atoms with Gasteiger partial charge in [0.1, 0.15) is 10.8 Å². The van der Waals surface area contributed by atoms with E-state index in [0.29, 0.717) is 14.5 Å². The van der Waals surface area contributed by atoms with Gasteiger partial charge >= 0.3 is 0 Å². The summed E-state index contributed by atoms with van der Waals surface area (Å²) in [6, 6.07) is 13.1. The molecule has 3 aromatic rings. The van der Waals surface area contributed by atoms with Crippen molar-refractivity contribution in [3.8, 4) is 5.75 Å². The summed E-state index contributed by atoms with van der Waals surface area (Å²) < 4.78 is 1.17.